The second-order valence-electron chi connectivity index (χ2n) is 6.41. The van der Waals surface area contributed by atoms with E-state index in [0.717, 1.165) is 43.1 Å². The predicted molar refractivity (Wildman–Crippen MR) is 115 cm³/mol. The number of para-hydroxylation sites is 1. The third-order valence-electron chi connectivity index (χ3n) is 4.32. The molecule has 0 amide bonds. The summed E-state index contributed by atoms with van der Waals surface area (Å²) < 4.78 is 48.4. The number of aromatic hydroxyl groups is 1. The zero-order chi connectivity index (χ0) is 23.5. The lowest BCUT2D eigenvalue weighted by Gasteiger charge is -2.08. The van der Waals surface area contributed by atoms with Gasteiger partial charge in [0.15, 0.2) is 11.5 Å². The SMILES string of the molecule is CCOc1cccc(C=C2SC(=Nc3ccc(C(F)(F)F)cc3)C(C(=O)OC)=C2O)c1O. The minimum atomic E-state index is -4.49. The number of esters is 1. The summed E-state index contributed by atoms with van der Waals surface area (Å²) in [6, 6.07) is 8.86. The Hall–Kier alpha value is -3.40. The van der Waals surface area contributed by atoms with E-state index < -0.39 is 23.5 Å². The van der Waals surface area contributed by atoms with Crippen LogP contribution in [0.5, 0.6) is 11.5 Å². The van der Waals surface area contributed by atoms with Gasteiger partial charge in [-0.25, -0.2) is 9.79 Å². The topological polar surface area (TPSA) is 88.4 Å². The van der Waals surface area contributed by atoms with Gasteiger partial charge in [-0.15, -0.1) is 0 Å². The quantitative estimate of drug-likeness (QED) is 0.558. The Bertz CT molecular complexity index is 1120. The number of phenolic OH excluding ortho intramolecular Hbond substituents is 1. The minimum absolute atomic E-state index is 0.0424. The number of methoxy groups -OCH3 is 1. The highest BCUT2D eigenvalue weighted by Gasteiger charge is 2.33. The Morgan fingerprint density at radius 3 is 2.44 bits per heavy atom. The van der Waals surface area contributed by atoms with Crippen LogP contribution >= 0.6 is 11.8 Å². The smallest absolute Gasteiger partial charge is 0.416 e. The number of halogens is 3. The van der Waals surface area contributed by atoms with Gasteiger partial charge >= 0.3 is 12.1 Å². The molecule has 0 atom stereocenters. The van der Waals surface area contributed by atoms with E-state index in [1.54, 1.807) is 25.1 Å². The number of aliphatic hydroxyl groups excluding tert-OH is 1. The van der Waals surface area contributed by atoms with Crippen LogP contribution in [-0.4, -0.2) is 34.9 Å². The summed E-state index contributed by atoms with van der Waals surface area (Å²) in [5.74, 6) is -1.19. The molecule has 1 aliphatic heterocycles. The molecule has 0 bridgehead atoms. The molecular formula is C22H18F3NO5S. The number of hydrogen-bond donors (Lipinski definition) is 2. The van der Waals surface area contributed by atoms with Crippen LogP contribution in [0.1, 0.15) is 18.1 Å². The fraction of sp³-hybridized carbons (Fsp3) is 0.182. The van der Waals surface area contributed by atoms with Crippen LogP contribution in [0.2, 0.25) is 0 Å². The fourth-order valence-corrected chi connectivity index (χ4v) is 3.83. The lowest BCUT2D eigenvalue weighted by molar-refractivity contribution is -0.137. The van der Waals surface area contributed by atoms with Gasteiger partial charge in [-0.3, -0.25) is 0 Å². The number of carbonyl (C=O) groups excluding carboxylic acids is 1. The molecular weight excluding hydrogens is 447 g/mol. The Morgan fingerprint density at radius 1 is 1.16 bits per heavy atom. The number of ether oxygens (including phenoxy) is 2. The molecule has 32 heavy (non-hydrogen) atoms. The Morgan fingerprint density at radius 2 is 1.84 bits per heavy atom. The normalized spacial score (nSPS) is 16.7. The molecule has 0 aromatic heterocycles. The molecule has 0 saturated heterocycles. The molecule has 0 spiro atoms. The zero-order valence-electron chi connectivity index (χ0n) is 16.9. The average Bonchev–Trinajstić information content (AvgIpc) is 3.05. The number of benzene rings is 2. The van der Waals surface area contributed by atoms with Crippen LogP contribution in [0.15, 0.2) is 63.7 Å². The van der Waals surface area contributed by atoms with Crippen LogP contribution in [-0.2, 0) is 15.7 Å². The molecule has 0 radical (unpaired) electrons. The second kappa shape index (κ2) is 9.39. The summed E-state index contributed by atoms with van der Waals surface area (Å²) in [6.45, 7) is 2.10. The first-order valence-corrected chi connectivity index (χ1v) is 10.1. The molecule has 0 fully saturated rings. The minimum Gasteiger partial charge on any atom is -0.506 e. The first-order valence-electron chi connectivity index (χ1n) is 9.28. The lowest BCUT2D eigenvalue weighted by atomic mass is 10.1. The number of aliphatic imine (C=N–C) groups is 1. The van der Waals surface area contributed by atoms with Crippen LogP contribution in [0.4, 0.5) is 18.9 Å². The van der Waals surface area contributed by atoms with E-state index in [1.165, 1.54) is 6.08 Å². The average molecular weight is 465 g/mol. The Labute approximate surface area is 185 Å². The summed E-state index contributed by atoms with van der Waals surface area (Å²) in [4.78, 5) is 16.6. The third-order valence-corrected chi connectivity index (χ3v) is 5.34. The summed E-state index contributed by atoms with van der Waals surface area (Å²) in [5, 5.41) is 21.1. The van der Waals surface area contributed by atoms with Crippen molar-refractivity contribution < 1.29 is 37.7 Å². The van der Waals surface area contributed by atoms with E-state index in [9.17, 15) is 28.2 Å². The monoisotopic (exact) mass is 465 g/mol. The number of nitrogens with zero attached hydrogens (tertiary/aromatic N) is 1. The largest absolute Gasteiger partial charge is 0.506 e. The number of alkyl halides is 3. The third kappa shape index (κ3) is 4.91. The van der Waals surface area contributed by atoms with Gasteiger partial charge in [-0.2, -0.15) is 13.2 Å². The van der Waals surface area contributed by atoms with Crippen molar-refractivity contribution in [2.24, 2.45) is 4.99 Å². The predicted octanol–water partition coefficient (Wildman–Crippen LogP) is 5.61. The van der Waals surface area contributed by atoms with Crippen molar-refractivity contribution in [1.29, 1.82) is 0 Å². The van der Waals surface area contributed by atoms with Crippen molar-refractivity contribution in [1.82, 2.24) is 0 Å². The van der Waals surface area contributed by atoms with Gasteiger partial charge in [0, 0.05) is 5.56 Å². The molecule has 168 valence electrons. The maximum Gasteiger partial charge on any atom is 0.416 e. The van der Waals surface area contributed by atoms with E-state index in [-0.39, 0.29) is 32.7 Å². The highest BCUT2D eigenvalue weighted by molar-refractivity contribution is 8.18. The molecule has 2 aromatic carbocycles. The molecule has 10 heteroatoms. The van der Waals surface area contributed by atoms with Crippen LogP contribution in [0, 0.1) is 0 Å². The molecule has 6 nitrogen and oxygen atoms in total. The molecule has 3 rings (SSSR count). The second-order valence-corrected chi connectivity index (χ2v) is 7.45. The summed E-state index contributed by atoms with van der Waals surface area (Å²) in [7, 11) is 1.13. The highest BCUT2D eigenvalue weighted by Crippen LogP contribution is 2.42. The maximum absolute atomic E-state index is 12.8. The molecule has 2 N–H and O–H groups in total. The van der Waals surface area contributed by atoms with E-state index >= 15 is 0 Å². The zero-order valence-corrected chi connectivity index (χ0v) is 17.8. The van der Waals surface area contributed by atoms with Crippen LogP contribution < -0.4 is 4.74 Å². The maximum atomic E-state index is 12.8. The Balaban J connectivity index is 2.02. The first kappa shape index (κ1) is 23.3. The summed E-state index contributed by atoms with van der Waals surface area (Å²) in [6.07, 6.45) is -3.05. The standard InChI is InChI=1S/C22H18F3NO5S/c1-3-31-15-6-4-5-12(18(15)27)11-16-19(28)17(21(29)30-2)20(32-16)26-14-9-7-13(8-10-14)22(23,24)25/h4-11,27-28H,3H2,1-2H3. The molecule has 0 unspecified atom stereocenters. The molecule has 2 aromatic rings. The Kier molecular flexibility index (Phi) is 6.83. The van der Waals surface area contributed by atoms with Crippen molar-refractivity contribution in [2.45, 2.75) is 13.1 Å². The van der Waals surface area contributed by atoms with E-state index in [0.29, 0.717) is 12.2 Å². The lowest BCUT2D eigenvalue weighted by Crippen LogP contribution is -2.10. The van der Waals surface area contributed by atoms with Crippen LogP contribution in [0.3, 0.4) is 0 Å². The van der Waals surface area contributed by atoms with Gasteiger partial charge in [-0.05, 0) is 43.3 Å². The van der Waals surface area contributed by atoms with Gasteiger partial charge in [0.1, 0.15) is 16.4 Å². The number of aliphatic hydroxyl groups is 1. The number of thioether (sulfide) groups is 1. The molecule has 1 aliphatic rings. The van der Waals surface area contributed by atoms with Gasteiger partial charge in [0.25, 0.3) is 0 Å². The van der Waals surface area contributed by atoms with Gasteiger partial charge in [0.05, 0.1) is 29.9 Å². The van der Waals surface area contributed by atoms with Crippen LogP contribution in [0.25, 0.3) is 6.08 Å². The van der Waals surface area contributed by atoms with E-state index in [2.05, 4.69) is 4.99 Å². The molecule has 1 heterocycles. The van der Waals surface area contributed by atoms with Gasteiger partial charge in [0.2, 0.25) is 0 Å². The number of carbonyl (C=O) groups is 1. The molecule has 0 aliphatic carbocycles. The van der Waals surface area contributed by atoms with Crippen molar-refractivity contribution in [3.8, 4) is 11.5 Å². The summed E-state index contributed by atoms with van der Waals surface area (Å²) in [5.41, 5.74) is -0.594. The van der Waals surface area contributed by atoms with Crippen molar-refractivity contribution in [3.63, 3.8) is 0 Å². The van der Waals surface area contributed by atoms with Gasteiger partial charge in [-0.1, -0.05) is 23.9 Å². The highest BCUT2D eigenvalue weighted by atomic mass is 32.2. The van der Waals surface area contributed by atoms with E-state index in [1.807, 2.05) is 0 Å². The van der Waals surface area contributed by atoms with Crippen molar-refractivity contribution in [2.75, 3.05) is 13.7 Å². The number of hydrogen-bond acceptors (Lipinski definition) is 7. The van der Waals surface area contributed by atoms with Crippen molar-refractivity contribution >= 4 is 34.5 Å². The van der Waals surface area contributed by atoms with Crippen molar-refractivity contribution in [3.05, 3.63) is 69.8 Å². The first-order chi connectivity index (χ1) is 15.2. The molecule has 0 saturated carbocycles. The number of rotatable bonds is 5. The van der Waals surface area contributed by atoms with Gasteiger partial charge < -0.3 is 19.7 Å². The fourth-order valence-electron chi connectivity index (χ4n) is 2.80. The van der Waals surface area contributed by atoms with E-state index in [4.69, 9.17) is 9.47 Å². The number of phenols is 1. The summed E-state index contributed by atoms with van der Waals surface area (Å²) >= 11 is 0.910.